The highest BCUT2D eigenvalue weighted by Gasteiger charge is 2.10. The first kappa shape index (κ1) is 12.6. The fourth-order valence-electron chi connectivity index (χ4n) is 1.82. The van der Waals surface area contributed by atoms with Gasteiger partial charge in [-0.15, -0.1) is 5.10 Å². The van der Waals surface area contributed by atoms with Crippen LogP contribution >= 0.6 is 12.2 Å². The number of aromatic amines is 1. The molecule has 0 radical (unpaired) electrons. The molecule has 3 rings (SSSR count). The zero-order valence-electron chi connectivity index (χ0n) is 10.8. The van der Waals surface area contributed by atoms with Crippen LogP contribution in [0.15, 0.2) is 52.2 Å². The van der Waals surface area contributed by atoms with E-state index in [2.05, 4.69) is 15.3 Å². The molecule has 2 heterocycles. The Bertz CT molecular complexity index is 799. The predicted molar refractivity (Wildman–Crippen MR) is 79.3 cm³/mol. The molecule has 1 aromatic carbocycles. The van der Waals surface area contributed by atoms with Gasteiger partial charge >= 0.3 is 0 Å². The lowest BCUT2D eigenvalue weighted by Gasteiger charge is -1.99. The summed E-state index contributed by atoms with van der Waals surface area (Å²) in [5.74, 6) is 1.16. The van der Waals surface area contributed by atoms with Crippen molar-refractivity contribution in [2.24, 2.45) is 5.10 Å². The molecule has 3 aromatic rings. The van der Waals surface area contributed by atoms with Crippen molar-refractivity contribution in [3.63, 3.8) is 0 Å². The van der Waals surface area contributed by atoms with Crippen LogP contribution in [0.5, 0.6) is 0 Å². The maximum Gasteiger partial charge on any atom is 0.219 e. The van der Waals surface area contributed by atoms with Crippen molar-refractivity contribution >= 4 is 18.4 Å². The summed E-state index contributed by atoms with van der Waals surface area (Å²) in [6.45, 7) is 2.03. The number of hydrogen-bond acceptors (Lipinski definition) is 4. The SMILES string of the molecule is Cc1ccccc1/C=N\n1c(-c2ccco2)n[nH]c1=S. The number of aromatic nitrogens is 3. The van der Waals surface area contributed by atoms with Gasteiger partial charge in [0.1, 0.15) is 0 Å². The Labute approximate surface area is 120 Å². The lowest BCUT2D eigenvalue weighted by Crippen LogP contribution is -1.95. The van der Waals surface area contributed by atoms with E-state index >= 15 is 0 Å². The Morgan fingerprint density at radius 3 is 2.90 bits per heavy atom. The van der Waals surface area contributed by atoms with Crippen LogP contribution in [0.1, 0.15) is 11.1 Å². The molecule has 0 amide bonds. The summed E-state index contributed by atoms with van der Waals surface area (Å²) in [6, 6.07) is 11.6. The van der Waals surface area contributed by atoms with Crippen molar-refractivity contribution in [1.82, 2.24) is 14.9 Å². The van der Waals surface area contributed by atoms with Gasteiger partial charge in [0.25, 0.3) is 0 Å². The molecule has 0 saturated carbocycles. The van der Waals surface area contributed by atoms with Crippen LogP contribution < -0.4 is 0 Å². The molecule has 0 aliphatic heterocycles. The molecule has 0 atom stereocenters. The van der Waals surface area contributed by atoms with Crippen molar-refractivity contribution in [3.8, 4) is 11.6 Å². The lowest BCUT2D eigenvalue weighted by molar-refractivity contribution is 0.573. The van der Waals surface area contributed by atoms with Gasteiger partial charge in [0, 0.05) is 0 Å². The van der Waals surface area contributed by atoms with Crippen molar-refractivity contribution in [2.45, 2.75) is 6.92 Å². The van der Waals surface area contributed by atoms with E-state index in [0.717, 1.165) is 11.1 Å². The van der Waals surface area contributed by atoms with Crippen LogP contribution in [-0.2, 0) is 0 Å². The Kier molecular flexibility index (Phi) is 3.30. The quantitative estimate of drug-likeness (QED) is 0.592. The molecule has 0 aliphatic rings. The molecule has 0 saturated heterocycles. The number of benzene rings is 1. The molecular weight excluding hydrogens is 272 g/mol. The molecule has 0 unspecified atom stereocenters. The van der Waals surface area contributed by atoms with Crippen molar-refractivity contribution in [1.29, 1.82) is 0 Å². The van der Waals surface area contributed by atoms with Crippen molar-refractivity contribution in [3.05, 3.63) is 58.6 Å². The van der Waals surface area contributed by atoms with E-state index in [-0.39, 0.29) is 0 Å². The molecule has 1 N–H and O–H groups in total. The fourth-order valence-corrected chi connectivity index (χ4v) is 1.99. The Morgan fingerprint density at radius 2 is 2.15 bits per heavy atom. The average Bonchev–Trinajstić information content (AvgIpc) is 3.08. The van der Waals surface area contributed by atoms with Gasteiger partial charge in [0.2, 0.25) is 10.6 Å². The van der Waals surface area contributed by atoms with E-state index in [1.165, 1.54) is 0 Å². The van der Waals surface area contributed by atoms with E-state index < -0.39 is 0 Å². The summed E-state index contributed by atoms with van der Waals surface area (Å²) in [6.07, 6.45) is 3.34. The van der Waals surface area contributed by atoms with Gasteiger partial charge in [-0.2, -0.15) is 9.78 Å². The minimum atomic E-state index is 0.418. The minimum Gasteiger partial charge on any atom is -0.461 e. The van der Waals surface area contributed by atoms with Gasteiger partial charge in [-0.1, -0.05) is 24.3 Å². The first-order valence-electron chi connectivity index (χ1n) is 6.07. The number of furan rings is 1. The Hall–Kier alpha value is -2.47. The van der Waals surface area contributed by atoms with Gasteiger partial charge in [-0.3, -0.25) is 0 Å². The molecule has 0 bridgehead atoms. The summed E-state index contributed by atoms with van der Waals surface area (Å²) < 4.78 is 7.29. The standard InChI is InChI=1S/C14H12N4OS/c1-10-5-2-3-6-11(10)9-15-18-13(16-17-14(18)20)12-7-4-8-19-12/h2-9H,1H3,(H,17,20)/b15-9-. The van der Waals surface area contributed by atoms with E-state index in [1.54, 1.807) is 23.2 Å². The molecule has 0 aliphatic carbocycles. The molecule has 100 valence electrons. The van der Waals surface area contributed by atoms with Gasteiger partial charge in [-0.25, -0.2) is 5.10 Å². The average molecular weight is 284 g/mol. The monoisotopic (exact) mass is 284 g/mol. The fraction of sp³-hybridized carbons (Fsp3) is 0.0714. The zero-order chi connectivity index (χ0) is 13.9. The highest BCUT2D eigenvalue weighted by Crippen LogP contribution is 2.17. The van der Waals surface area contributed by atoms with E-state index in [0.29, 0.717) is 16.4 Å². The van der Waals surface area contributed by atoms with Gasteiger partial charge in [-0.05, 0) is 42.4 Å². The Balaban J connectivity index is 2.02. The smallest absolute Gasteiger partial charge is 0.219 e. The van der Waals surface area contributed by atoms with Crippen molar-refractivity contribution in [2.75, 3.05) is 0 Å². The lowest BCUT2D eigenvalue weighted by atomic mass is 10.1. The minimum absolute atomic E-state index is 0.418. The second-order valence-corrected chi connectivity index (χ2v) is 4.63. The number of H-pyrrole nitrogens is 1. The van der Waals surface area contributed by atoms with Crippen LogP contribution in [0.3, 0.4) is 0 Å². The number of nitrogens with zero attached hydrogens (tertiary/aromatic N) is 3. The second-order valence-electron chi connectivity index (χ2n) is 4.24. The predicted octanol–water partition coefficient (Wildman–Crippen LogP) is 3.39. The van der Waals surface area contributed by atoms with Gasteiger partial charge in [0.05, 0.1) is 12.5 Å². The molecule has 2 aromatic heterocycles. The van der Waals surface area contributed by atoms with Crippen LogP contribution in [-0.4, -0.2) is 21.1 Å². The summed E-state index contributed by atoms with van der Waals surface area (Å²) in [5.41, 5.74) is 2.17. The zero-order valence-corrected chi connectivity index (χ0v) is 11.6. The third kappa shape index (κ3) is 2.33. The first-order chi connectivity index (χ1) is 9.75. The van der Waals surface area contributed by atoms with Crippen LogP contribution in [0.2, 0.25) is 0 Å². The third-order valence-electron chi connectivity index (χ3n) is 2.89. The van der Waals surface area contributed by atoms with E-state index in [9.17, 15) is 0 Å². The van der Waals surface area contributed by atoms with E-state index in [4.69, 9.17) is 16.6 Å². The molecule has 5 nitrogen and oxygen atoms in total. The van der Waals surface area contributed by atoms with Crippen LogP contribution in [0.25, 0.3) is 11.6 Å². The molecule has 20 heavy (non-hydrogen) atoms. The third-order valence-corrected chi connectivity index (χ3v) is 3.16. The van der Waals surface area contributed by atoms with Crippen LogP contribution in [0, 0.1) is 11.7 Å². The van der Waals surface area contributed by atoms with Gasteiger partial charge < -0.3 is 4.42 Å². The summed E-state index contributed by atoms with van der Waals surface area (Å²) in [4.78, 5) is 0. The molecular formula is C14H12N4OS. The Morgan fingerprint density at radius 1 is 1.30 bits per heavy atom. The summed E-state index contributed by atoms with van der Waals surface area (Å²) in [5, 5.41) is 11.2. The topological polar surface area (TPSA) is 59.1 Å². The maximum atomic E-state index is 5.33. The second kappa shape index (κ2) is 5.26. The first-order valence-corrected chi connectivity index (χ1v) is 6.48. The molecule has 0 fully saturated rings. The summed E-state index contributed by atoms with van der Waals surface area (Å²) >= 11 is 5.18. The summed E-state index contributed by atoms with van der Waals surface area (Å²) in [7, 11) is 0. The number of aryl methyl sites for hydroxylation is 1. The normalized spacial score (nSPS) is 11.2. The number of nitrogens with one attached hydrogen (secondary N) is 1. The number of hydrogen-bond donors (Lipinski definition) is 1. The highest BCUT2D eigenvalue weighted by molar-refractivity contribution is 7.71. The molecule has 6 heteroatoms. The maximum absolute atomic E-state index is 5.33. The largest absolute Gasteiger partial charge is 0.461 e. The highest BCUT2D eigenvalue weighted by atomic mass is 32.1. The molecule has 0 spiro atoms. The van der Waals surface area contributed by atoms with Crippen LogP contribution in [0.4, 0.5) is 0 Å². The van der Waals surface area contributed by atoms with Crippen molar-refractivity contribution < 1.29 is 4.42 Å². The number of rotatable bonds is 3. The van der Waals surface area contributed by atoms with E-state index in [1.807, 2.05) is 37.3 Å². The van der Waals surface area contributed by atoms with Gasteiger partial charge in [0.15, 0.2) is 5.76 Å².